The summed E-state index contributed by atoms with van der Waals surface area (Å²) < 4.78 is 1.84. The maximum atomic E-state index is 12.4. The predicted molar refractivity (Wildman–Crippen MR) is 80.7 cm³/mol. The number of aryl methyl sites for hydroxylation is 1. The molecule has 1 amide bonds. The summed E-state index contributed by atoms with van der Waals surface area (Å²) in [6, 6.07) is 7.56. The number of nitrogens with zero attached hydrogens (tertiary/aromatic N) is 3. The van der Waals surface area contributed by atoms with Crippen LogP contribution in [-0.2, 0) is 11.8 Å². The maximum absolute atomic E-state index is 12.4. The van der Waals surface area contributed by atoms with Crippen molar-refractivity contribution in [1.82, 2.24) is 20.1 Å². The van der Waals surface area contributed by atoms with E-state index in [9.17, 15) is 4.79 Å². The van der Waals surface area contributed by atoms with Crippen molar-refractivity contribution in [2.75, 3.05) is 11.9 Å². The van der Waals surface area contributed by atoms with Crippen molar-refractivity contribution >= 4 is 11.6 Å². The fourth-order valence-electron chi connectivity index (χ4n) is 2.61. The van der Waals surface area contributed by atoms with E-state index in [1.165, 1.54) is 0 Å². The Morgan fingerprint density at radius 2 is 2.24 bits per heavy atom. The van der Waals surface area contributed by atoms with Gasteiger partial charge >= 0.3 is 0 Å². The van der Waals surface area contributed by atoms with Crippen molar-refractivity contribution < 1.29 is 4.79 Å². The summed E-state index contributed by atoms with van der Waals surface area (Å²) in [6.45, 7) is 0.906. The SMILES string of the molecule is Cn1cnnc1-c1ccccc1NC(=O)[C@@H]1CCCCN1. The third kappa shape index (κ3) is 2.95. The Hall–Kier alpha value is -2.21. The number of nitrogens with one attached hydrogen (secondary N) is 2. The Morgan fingerprint density at radius 3 is 2.95 bits per heavy atom. The highest BCUT2D eigenvalue weighted by molar-refractivity contribution is 5.98. The van der Waals surface area contributed by atoms with Crippen molar-refractivity contribution in [2.24, 2.45) is 7.05 Å². The van der Waals surface area contributed by atoms with Crippen LogP contribution in [0.3, 0.4) is 0 Å². The van der Waals surface area contributed by atoms with Gasteiger partial charge in [0.25, 0.3) is 0 Å². The highest BCUT2D eigenvalue weighted by atomic mass is 16.2. The van der Waals surface area contributed by atoms with Gasteiger partial charge in [-0.25, -0.2) is 0 Å². The van der Waals surface area contributed by atoms with E-state index in [4.69, 9.17) is 0 Å². The van der Waals surface area contributed by atoms with Gasteiger partial charge in [-0.05, 0) is 31.5 Å². The Labute approximate surface area is 123 Å². The molecule has 1 aliphatic rings. The molecule has 0 saturated carbocycles. The summed E-state index contributed by atoms with van der Waals surface area (Å²) in [5.74, 6) is 0.756. The minimum atomic E-state index is -0.105. The molecule has 1 atom stereocenters. The van der Waals surface area contributed by atoms with Crippen LogP contribution in [0.1, 0.15) is 19.3 Å². The molecule has 3 rings (SSSR count). The summed E-state index contributed by atoms with van der Waals surface area (Å²) in [5.41, 5.74) is 1.65. The molecule has 1 saturated heterocycles. The van der Waals surface area contributed by atoms with E-state index in [0.717, 1.165) is 42.9 Å². The molecule has 2 aromatic rings. The molecule has 0 aliphatic carbocycles. The minimum absolute atomic E-state index is 0.0179. The van der Waals surface area contributed by atoms with Gasteiger partial charge in [-0.2, -0.15) is 0 Å². The van der Waals surface area contributed by atoms with Crippen LogP contribution in [0, 0.1) is 0 Å². The highest BCUT2D eigenvalue weighted by Crippen LogP contribution is 2.26. The Morgan fingerprint density at radius 1 is 1.38 bits per heavy atom. The molecule has 0 radical (unpaired) electrons. The number of carbonyl (C=O) groups excluding carboxylic acids is 1. The lowest BCUT2D eigenvalue weighted by Crippen LogP contribution is -2.43. The lowest BCUT2D eigenvalue weighted by atomic mass is 10.0. The molecule has 0 unspecified atom stereocenters. The van der Waals surface area contributed by atoms with E-state index in [2.05, 4.69) is 20.8 Å². The normalized spacial score (nSPS) is 18.4. The third-order valence-corrected chi connectivity index (χ3v) is 3.76. The molecule has 21 heavy (non-hydrogen) atoms. The fraction of sp³-hybridized carbons (Fsp3) is 0.400. The maximum Gasteiger partial charge on any atom is 0.241 e. The molecule has 0 bridgehead atoms. The van der Waals surface area contributed by atoms with Crippen LogP contribution in [0.25, 0.3) is 11.4 Å². The number of piperidine rings is 1. The number of anilines is 1. The quantitative estimate of drug-likeness (QED) is 0.898. The number of hydrogen-bond donors (Lipinski definition) is 2. The minimum Gasteiger partial charge on any atom is -0.324 e. The van der Waals surface area contributed by atoms with Crippen molar-refractivity contribution in [2.45, 2.75) is 25.3 Å². The first kappa shape index (κ1) is 13.8. The zero-order chi connectivity index (χ0) is 14.7. The lowest BCUT2D eigenvalue weighted by Gasteiger charge is -2.23. The number of benzene rings is 1. The zero-order valence-electron chi connectivity index (χ0n) is 12.0. The van der Waals surface area contributed by atoms with E-state index in [1.54, 1.807) is 6.33 Å². The molecule has 1 aliphatic heterocycles. The van der Waals surface area contributed by atoms with Crippen LogP contribution < -0.4 is 10.6 Å². The van der Waals surface area contributed by atoms with Gasteiger partial charge in [-0.1, -0.05) is 18.6 Å². The first-order chi connectivity index (χ1) is 10.3. The van der Waals surface area contributed by atoms with E-state index in [-0.39, 0.29) is 11.9 Å². The number of para-hydroxylation sites is 1. The zero-order valence-corrected chi connectivity index (χ0v) is 12.0. The monoisotopic (exact) mass is 285 g/mol. The van der Waals surface area contributed by atoms with E-state index in [1.807, 2.05) is 35.9 Å². The van der Waals surface area contributed by atoms with Gasteiger partial charge < -0.3 is 15.2 Å². The number of amides is 1. The number of hydrogen-bond acceptors (Lipinski definition) is 4. The standard InChI is InChI=1S/C15H19N5O/c1-20-10-17-19-14(20)11-6-2-3-7-12(11)18-15(21)13-8-4-5-9-16-13/h2-3,6-7,10,13,16H,4-5,8-9H2,1H3,(H,18,21)/t13-/m0/s1. The van der Waals surface area contributed by atoms with Crippen LogP contribution in [0.5, 0.6) is 0 Å². The fourth-order valence-corrected chi connectivity index (χ4v) is 2.61. The van der Waals surface area contributed by atoms with Crippen molar-refractivity contribution in [3.05, 3.63) is 30.6 Å². The van der Waals surface area contributed by atoms with E-state index < -0.39 is 0 Å². The third-order valence-electron chi connectivity index (χ3n) is 3.76. The highest BCUT2D eigenvalue weighted by Gasteiger charge is 2.21. The predicted octanol–water partition coefficient (Wildman–Crippen LogP) is 1.56. The molecular weight excluding hydrogens is 266 g/mol. The summed E-state index contributed by atoms with van der Waals surface area (Å²) in [7, 11) is 1.89. The van der Waals surface area contributed by atoms with Gasteiger partial charge in [0, 0.05) is 12.6 Å². The van der Waals surface area contributed by atoms with Crippen molar-refractivity contribution in [3.8, 4) is 11.4 Å². The van der Waals surface area contributed by atoms with Gasteiger partial charge in [0.15, 0.2) is 5.82 Å². The van der Waals surface area contributed by atoms with E-state index in [0.29, 0.717) is 0 Å². The molecule has 6 nitrogen and oxygen atoms in total. The Balaban J connectivity index is 1.82. The summed E-state index contributed by atoms with van der Waals surface area (Å²) in [5, 5.41) is 14.3. The summed E-state index contributed by atoms with van der Waals surface area (Å²) in [6.07, 6.45) is 4.77. The molecule has 6 heteroatoms. The van der Waals surface area contributed by atoms with Crippen LogP contribution in [-0.4, -0.2) is 33.3 Å². The van der Waals surface area contributed by atoms with Gasteiger partial charge in [0.05, 0.1) is 11.7 Å². The van der Waals surface area contributed by atoms with Crippen molar-refractivity contribution in [1.29, 1.82) is 0 Å². The summed E-state index contributed by atoms with van der Waals surface area (Å²) >= 11 is 0. The first-order valence-corrected chi connectivity index (χ1v) is 7.23. The first-order valence-electron chi connectivity index (χ1n) is 7.23. The van der Waals surface area contributed by atoms with Crippen LogP contribution in [0.4, 0.5) is 5.69 Å². The second-order valence-corrected chi connectivity index (χ2v) is 5.30. The van der Waals surface area contributed by atoms with Crippen LogP contribution in [0.2, 0.25) is 0 Å². The number of carbonyl (C=O) groups is 1. The molecule has 2 heterocycles. The molecule has 110 valence electrons. The van der Waals surface area contributed by atoms with Gasteiger partial charge in [-0.15, -0.1) is 10.2 Å². The second-order valence-electron chi connectivity index (χ2n) is 5.30. The van der Waals surface area contributed by atoms with Crippen LogP contribution >= 0.6 is 0 Å². The molecular formula is C15H19N5O. The van der Waals surface area contributed by atoms with Crippen molar-refractivity contribution in [3.63, 3.8) is 0 Å². The number of aromatic nitrogens is 3. The second kappa shape index (κ2) is 6.05. The molecule has 0 spiro atoms. The Bertz CT molecular complexity index is 630. The molecule has 1 fully saturated rings. The van der Waals surface area contributed by atoms with E-state index >= 15 is 0 Å². The molecule has 1 aromatic carbocycles. The topological polar surface area (TPSA) is 71.8 Å². The van der Waals surface area contributed by atoms with Crippen LogP contribution in [0.15, 0.2) is 30.6 Å². The average molecular weight is 285 g/mol. The van der Waals surface area contributed by atoms with Gasteiger partial charge in [-0.3, -0.25) is 4.79 Å². The number of rotatable bonds is 3. The molecule has 1 aromatic heterocycles. The smallest absolute Gasteiger partial charge is 0.241 e. The average Bonchev–Trinajstić information content (AvgIpc) is 2.95. The lowest BCUT2D eigenvalue weighted by molar-refractivity contribution is -0.118. The summed E-state index contributed by atoms with van der Waals surface area (Å²) in [4.78, 5) is 12.4. The van der Waals surface area contributed by atoms with Gasteiger partial charge in [0.2, 0.25) is 5.91 Å². The molecule has 2 N–H and O–H groups in total. The van der Waals surface area contributed by atoms with Gasteiger partial charge in [0.1, 0.15) is 6.33 Å². The largest absolute Gasteiger partial charge is 0.324 e. The Kier molecular flexibility index (Phi) is 3.96.